The molecule has 0 fully saturated rings. The number of aliphatic hydroxyl groups is 1. The van der Waals surface area contributed by atoms with Gasteiger partial charge < -0.3 is 9.84 Å². The first-order valence-corrected chi connectivity index (χ1v) is 4.71. The molecule has 0 aliphatic carbocycles. The van der Waals surface area contributed by atoms with Crippen LogP contribution in [0.4, 0.5) is 8.78 Å². The van der Waals surface area contributed by atoms with Gasteiger partial charge in [0.25, 0.3) is 0 Å². The summed E-state index contributed by atoms with van der Waals surface area (Å²) in [5.74, 6) is -2.04. The van der Waals surface area contributed by atoms with Crippen LogP contribution >= 0.6 is 0 Å². The molecule has 0 atom stereocenters. The van der Waals surface area contributed by atoms with Gasteiger partial charge in [0.1, 0.15) is 0 Å². The maximum atomic E-state index is 13.7. The number of rotatable bonds is 3. The van der Waals surface area contributed by atoms with Crippen LogP contribution < -0.4 is 4.74 Å². The monoisotopic (exact) mass is 216 g/mol. The molecule has 2 nitrogen and oxygen atoms in total. The van der Waals surface area contributed by atoms with Gasteiger partial charge in [0, 0.05) is 5.56 Å². The van der Waals surface area contributed by atoms with Crippen molar-refractivity contribution < 1.29 is 18.6 Å². The SMILES string of the molecule is CCOc1c(F)ccc(C(C)(C)O)c1F. The minimum absolute atomic E-state index is 0.0207. The molecule has 0 heterocycles. The number of hydrogen-bond donors (Lipinski definition) is 1. The molecule has 0 spiro atoms. The van der Waals surface area contributed by atoms with E-state index in [0.717, 1.165) is 6.07 Å². The van der Waals surface area contributed by atoms with Crippen molar-refractivity contribution in [3.05, 3.63) is 29.3 Å². The van der Waals surface area contributed by atoms with Crippen molar-refractivity contribution >= 4 is 0 Å². The van der Waals surface area contributed by atoms with E-state index in [1.165, 1.54) is 19.9 Å². The number of ether oxygens (including phenoxy) is 1. The summed E-state index contributed by atoms with van der Waals surface area (Å²) < 4.78 is 31.7. The van der Waals surface area contributed by atoms with Crippen LogP contribution in [-0.2, 0) is 5.60 Å². The second-order valence-electron chi connectivity index (χ2n) is 3.73. The van der Waals surface area contributed by atoms with Gasteiger partial charge in [-0.25, -0.2) is 8.78 Å². The Morgan fingerprint density at radius 3 is 2.40 bits per heavy atom. The van der Waals surface area contributed by atoms with E-state index < -0.39 is 23.0 Å². The smallest absolute Gasteiger partial charge is 0.191 e. The number of hydrogen-bond acceptors (Lipinski definition) is 2. The normalized spacial score (nSPS) is 11.6. The molecule has 84 valence electrons. The Balaban J connectivity index is 3.28. The minimum atomic E-state index is -1.36. The predicted molar refractivity (Wildman–Crippen MR) is 52.8 cm³/mol. The third-order valence-corrected chi connectivity index (χ3v) is 2.00. The van der Waals surface area contributed by atoms with Crippen molar-refractivity contribution in [1.82, 2.24) is 0 Å². The van der Waals surface area contributed by atoms with Crippen LogP contribution in [-0.4, -0.2) is 11.7 Å². The average molecular weight is 216 g/mol. The third kappa shape index (κ3) is 2.45. The van der Waals surface area contributed by atoms with Crippen LogP contribution in [0.15, 0.2) is 12.1 Å². The Bertz CT molecular complexity index is 356. The molecule has 1 aromatic rings. The standard InChI is InChI=1S/C11H14F2O2/c1-4-15-10-8(12)6-5-7(9(10)13)11(2,3)14/h5-6,14H,4H2,1-3H3. The summed E-state index contributed by atoms with van der Waals surface area (Å²) in [6.45, 7) is 4.66. The van der Waals surface area contributed by atoms with Crippen molar-refractivity contribution in [3.8, 4) is 5.75 Å². The van der Waals surface area contributed by atoms with E-state index in [4.69, 9.17) is 4.74 Å². The molecule has 0 aromatic heterocycles. The molecule has 1 aromatic carbocycles. The lowest BCUT2D eigenvalue weighted by molar-refractivity contribution is 0.0735. The Labute approximate surface area is 87.5 Å². The van der Waals surface area contributed by atoms with Gasteiger partial charge in [-0.3, -0.25) is 0 Å². The highest BCUT2D eigenvalue weighted by molar-refractivity contribution is 5.35. The quantitative estimate of drug-likeness (QED) is 0.841. The van der Waals surface area contributed by atoms with Gasteiger partial charge in [-0.15, -0.1) is 0 Å². The Hall–Kier alpha value is -1.16. The zero-order valence-corrected chi connectivity index (χ0v) is 8.97. The summed E-state index contributed by atoms with van der Waals surface area (Å²) in [6.07, 6.45) is 0. The fourth-order valence-electron chi connectivity index (χ4n) is 1.28. The maximum absolute atomic E-state index is 13.7. The van der Waals surface area contributed by atoms with Crippen LogP contribution in [0.2, 0.25) is 0 Å². The maximum Gasteiger partial charge on any atom is 0.191 e. The molecular weight excluding hydrogens is 202 g/mol. The summed E-state index contributed by atoms with van der Waals surface area (Å²) in [5.41, 5.74) is -1.34. The van der Waals surface area contributed by atoms with E-state index in [1.54, 1.807) is 6.92 Å². The largest absolute Gasteiger partial charge is 0.488 e. The summed E-state index contributed by atoms with van der Waals surface area (Å²) in [7, 11) is 0. The summed E-state index contributed by atoms with van der Waals surface area (Å²) in [6, 6.07) is 2.30. The lowest BCUT2D eigenvalue weighted by Gasteiger charge is -2.20. The third-order valence-electron chi connectivity index (χ3n) is 2.00. The van der Waals surface area contributed by atoms with Crippen molar-refractivity contribution in [2.45, 2.75) is 26.4 Å². The molecule has 4 heteroatoms. The molecule has 0 saturated carbocycles. The molecule has 0 saturated heterocycles. The number of halogens is 2. The fraction of sp³-hybridized carbons (Fsp3) is 0.455. The van der Waals surface area contributed by atoms with E-state index in [2.05, 4.69) is 0 Å². The highest BCUT2D eigenvalue weighted by atomic mass is 19.1. The fourth-order valence-corrected chi connectivity index (χ4v) is 1.28. The highest BCUT2D eigenvalue weighted by Gasteiger charge is 2.25. The highest BCUT2D eigenvalue weighted by Crippen LogP contribution is 2.30. The zero-order chi connectivity index (χ0) is 11.6. The summed E-state index contributed by atoms with van der Waals surface area (Å²) in [4.78, 5) is 0. The average Bonchev–Trinajstić information content (AvgIpc) is 2.09. The summed E-state index contributed by atoms with van der Waals surface area (Å²) in [5, 5.41) is 9.64. The molecule has 1 N–H and O–H groups in total. The molecule has 0 aliphatic heterocycles. The van der Waals surface area contributed by atoms with Crippen LogP contribution in [0.25, 0.3) is 0 Å². The van der Waals surface area contributed by atoms with Gasteiger partial charge in [-0.2, -0.15) is 0 Å². The molecule has 15 heavy (non-hydrogen) atoms. The van der Waals surface area contributed by atoms with Crippen LogP contribution in [0.3, 0.4) is 0 Å². The first kappa shape index (κ1) is 11.9. The minimum Gasteiger partial charge on any atom is -0.488 e. The Kier molecular flexibility index (Phi) is 3.29. The molecule has 0 radical (unpaired) electrons. The first-order valence-electron chi connectivity index (χ1n) is 4.71. The first-order chi connectivity index (χ1) is 6.88. The molecule has 0 amide bonds. The van der Waals surface area contributed by atoms with Gasteiger partial charge in [0.2, 0.25) is 0 Å². The van der Waals surface area contributed by atoms with Gasteiger partial charge in [0.15, 0.2) is 17.4 Å². The van der Waals surface area contributed by atoms with Crippen molar-refractivity contribution in [2.75, 3.05) is 6.61 Å². The van der Waals surface area contributed by atoms with Crippen LogP contribution in [0, 0.1) is 11.6 Å². The molecule has 0 unspecified atom stereocenters. The van der Waals surface area contributed by atoms with Crippen molar-refractivity contribution in [2.24, 2.45) is 0 Å². The van der Waals surface area contributed by atoms with Crippen LogP contribution in [0.1, 0.15) is 26.3 Å². The molecular formula is C11H14F2O2. The lowest BCUT2D eigenvalue weighted by Crippen LogP contribution is -2.18. The van der Waals surface area contributed by atoms with Gasteiger partial charge in [0.05, 0.1) is 12.2 Å². The van der Waals surface area contributed by atoms with Gasteiger partial charge >= 0.3 is 0 Å². The second kappa shape index (κ2) is 4.14. The second-order valence-corrected chi connectivity index (χ2v) is 3.73. The summed E-state index contributed by atoms with van der Waals surface area (Å²) >= 11 is 0. The van der Waals surface area contributed by atoms with E-state index >= 15 is 0 Å². The number of benzene rings is 1. The molecule has 0 bridgehead atoms. The van der Waals surface area contributed by atoms with Gasteiger partial charge in [-0.05, 0) is 26.8 Å². The van der Waals surface area contributed by atoms with Gasteiger partial charge in [-0.1, -0.05) is 6.07 Å². The van der Waals surface area contributed by atoms with E-state index in [9.17, 15) is 13.9 Å². The van der Waals surface area contributed by atoms with E-state index in [0.29, 0.717) is 0 Å². The Morgan fingerprint density at radius 2 is 1.93 bits per heavy atom. The molecule has 1 rings (SSSR count). The molecule has 0 aliphatic rings. The lowest BCUT2D eigenvalue weighted by atomic mass is 9.97. The van der Waals surface area contributed by atoms with E-state index in [1.807, 2.05) is 0 Å². The van der Waals surface area contributed by atoms with Crippen molar-refractivity contribution in [3.63, 3.8) is 0 Å². The van der Waals surface area contributed by atoms with E-state index in [-0.39, 0.29) is 12.2 Å². The van der Waals surface area contributed by atoms with Crippen molar-refractivity contribution in [1.29, 1.82) is 0 Å². The topological polar surface area (TPSA) is 29.5 Å². The Morgan fingerprint density at radius 1 is 1.33 bits per heavy atom. The zero-order valence-electron chi connectivity index (χ0n) is 8.97. The van der Waals surface area contributed by atoms with Crippen LogP contribution in [0.5, 0.6) is 5.75 Å². The predicted octanol–water partition coefficient (Wildman–Crippen LogP) is 2.59.